The van der Waals surface area contributed by atoms with E-state index >= 15 is 0 Å². The van der Waals surface area contributed by atoms with Crippen molar-refractivity contribution in [1.29, 1.82) is 0 Å². The summed E-state index contributed by atoms with van der Waals surface area (Å²) in [6.07, 6.45) is 1.88. The number of hydrogen-bond donors (Lipinski definition) is 2. The SMILES string of the molecule is CCn1cc(Br)cc1C(=O)NC(C)C(C)CO. The van der Waals surface area contributed by atoms with Gasteiger partial charge in [-0.15, -0.1) is 0 Å². The zero-order chi connectivity index (χ0) is 13.0. The predicted molar refractivity (Wildman–Crippen MR) is 71.0 cm³/mol. The highest BCUT2D eigenvalue weighted by atomic mass is 79.9. The van der Waals surface area contributed by atoms with Crippen molar-refractivity contribution in [3.8, 4) is 0 Å². The second-order valence-electron chi connectivity index (χ2n) is 4.25. The van der Waals surface area contributed by atoms with Crippen molar-refractivity contribution >= 4 is 21.8 Å². The highest BCUT2D eigenvalue weighted by molar-refractivity contribution is 9.10. The molecule has 1 aromatic rings. The number of nitrogens with one attached hydrogen (secondary N) is 1. The zero-order valence-electron chi connectivity index (χ0n) is 10.4. The van der Waals surface area contributed by atoms with Crippen LogP contribution in [-0.2, 0) is 6.54 Å². The average Bonchev–Trinajstić information content (AvgIpc) is 2.69. The van der Waals surface area contributed by atoms with Gasteiger partial charge in [0.2, 0.25) is 0 Å². The first-order chi connectivity index (χ1) is 7.99. The van der Waals surface area contributed by atoms with Crippen LogP contribution in [0.25, 0.3) is 0 Å². The van der Waals surface area contributed by atoms with Crippen molar-refractivity contribution in [2.24, 2.45) is 5.92 Å². The fourth-order valence-electron chi connectivity index (χ4n) is 1.51. The number of hydrogen-bond acceptors (Lipinski definition) is 2. The van der Waals surface area contributed by atoms with E-state index in [0.717, 1.165) is 11.0 Å². The van der Waals surface area contributed by atoms with E-state index in [4.69, 9.17) is 5.11 Å². The molecule has 96 valence electrons. The zero-order valence-corrected chi connectivity index (χ0v) is 12.0. The molecule has 0 saturated carbocycles. The molecule has 1 aromatic heterocycles. The van der Waals surface area contributed by atoms with Crippen LogP contribution in [-0.4, -0.2) is 28.2 Å². The molecule has 2 unspecified atom stereocenters. The normalized spacial score (nSPS) is 14.4. The molecule has 0 spiro atoms. The Morgan fingerprint density at radius 3 is 2.76 bits per heavy atom. The summed E-state index contributed by atoms with van der Waals surface area (Å²) in [6, 6.07) is 1.75. The van der Waals surface area contributed by atoms with E-state index in [0.29, 0.717) is 5.69 Å². The van der Waals surface area contributed by atoms with Crippen molar-refractivity contribution in [3.63, 3.8) is 0 Å². The molecule has 0 radical (unpaired) electrons. The summed E-state index contributed by atoms with van der Waals surface area (Å²) in [6.45, 7) is 6.61. The van der Waals surface area contributed by atoms with Gasteiger partial charge in [-0.2, -0.15) is 0 Å². The minimum absolute atomic E-state index is 0.0485. The highest BCUT2D eigenvalue weighted by Gasteiger charge is 2.17. The van der Waals surface area contributed by atoms with Crippen LogP contribution in [0.4, 0.5) is 0 Å². The Bertz CT molecular complexity index is 390. The molecule has 0 bridgehead atoms. The average molecular weight is 303 g/mol. The molecule has 2 atom stereocenters. The minimum Gasteiger partial charge on any atom is -0.396 e. The van der Waals surface area contributed by atoms with E-state index in [1.807, 2.05) is 31.5 Å². The lowest BCUT2D eigenvalue weighted by atomic mass is 10.1. The van der Waals surface area contributed by atoms with E-state index < -0.39 is 0 Å². The highest BCUT2D eigenvalue weighted by Crippen LogP contribution is 2.15. The molecule has 0 aromatic carbocycles. The Kier molecular flexibility index (Phi) is 5.21. The minimum atomic E-state index is -0.106. The molecule has 1 rings (SSSR count). The lowest BCUT2D eigenvalue weighted by molar-refractivity contribution is 0.0907. The number of nitrogens with zero attached hydrogens (tertiary/aromatic N) is 1. The molecule has 1 amide bonds. The van der Waals surface area contributed by atoms with Gasteiger partial charge in [0.05, 0.1) is 0 Å². The van der Waals surface area contributed by atoms with Crippen LogP contribution in [0.15, 0.2) is 16.7 Å². The van der Waals surface area contributed by atoms with Gasteiger partial charge in [-0.3, -0.25) is 4.79 Å². The van der Waals surface area contributed by atoms with Crippen LogP contribution in [0.1, 0.15) is 31.3 Å². The van der Waals surface area contributed by atoms with Crippen molar-refractivity contribution in [3.05, 3.63) is 22.4 Å². The second kappa shape index (κ2) is 6.21. The fourth-order valence-corrected chi connectivity index (χ4v) is 1.97. The molecule has 1 heterocycles. The van der Waals surface area contributed by atoms with Gasteiger partial charge in [-0.25, -0.2) is 0 Å². The van der Waals surface area contributed by atoms with Gasteiger partial charge in [-0.05, 0) is 41.8 Å². The molecule has 17 heavy (non-hydrogen) atoms. The summed E-state index contributed by atoms with van der Waals surface area (Å²) in [7, 11) is 0. The van der Waals surface area contributed by atoms with E-state index in [1.54, 1.807) is 6.07 Å². The Hall–Kier alpha value is -0.810. The van der Waals surface area contributed by atoms with Gasteiger partial charge < -0.3 is 15.0 Å². The summed E-state index contributed by atoms with van der Waals surface area (Å²) in [5, 5.41) is 11.9. The predicted octanol–water partition coefficient (Wildman–Crippen LogP) is 2.02. The number of aryl methyl sites for hydroxylation is 1. The number of carbonyl (C=O) groups is 1. The third-order valence-electron chi connectivity index (χ3n) is 2.94. The van der Waals surface area contributed by atoms with E-state index in [2.05, 4.69) is 21.2 Å². The van der Waals surface area contributed by atoms with Crippen LogP contribution >= 0.6 is 15.9 Å². The maximum atomic E-state index is 12.0. The summed E-state index contributed by atoms with van der Waals surface area (Å²) < 4.78 is 2.78. The smallest absolute Gasteiger partial charge is 0.268 e. The van der Waals surface area contributed by atoms with Crippen molar-refractivity contribution in [2.75, 3.05) is 6.61 Å². The first kappa shape index (κ1) is 14.3. The maximum Gasteiger partial charge on any atom is 0.268 e. The topological polar surface area (TPSA) is 54.3 Å². The molecule has 0 aliphatic heterocycles. The number of halogens is 1. The molecule has 5 heteroatoms. The molecule has 0 aliphatic carbocycles. The third kappa shape index (κ3) is 3.57. The molecule has 0 aliphatic rings. The largest absolute Gasteiger partial charge is 0.396 e. The van der Waals surface area contributed by atoms with Crippen molar-refractivity contribution in [1.82, 2.24) is 9.88 Å². The fraction of sp³-hybridized carbons (Fsp3) is 0.583. The maximum absolute atomic E-state index is 12.0. The first-order valence-corrected chi connectivity index (χ1v) is 6.56. The van der Waals surface area contributed by atoms with Gasteiger partial charge in [0.15, 0.2) is 0 Å². The summed E-state index contributed by atoms with van der Waals surface area (Å²) >= 11 is 3.36. The molecule has 4 nitrogen and oxygen atoms in total. The monoisotopic (exact) mass is 302 g/mol. The Balaban J connectivity index is 2.75. The van der Waals surface area contributed by atoms with Gasteiger partial charge in [0.1, 0.15) is 5.69 Å². The third-order valence-corrected chi connectivity index (χ3v) is 3.37. The van der Waals surface area contributed by atoms with Crippen LogP contribution in [0.5, 0.6) is 0 Å². The quantitative estimate of drug-likeness (QED) is 0.874. The van der Waals surface area contributed by atoms with Crippen molar-refractivity contribution < 1.29 is 9.90 Å². The van der Waals surface area contributed by atoms with Gasteiger partial charge in [-0.1, -0.05) is 6.92 Å². The van der Waals surface area contributed by atoms with Crippen LogP contribution in [0, 0.1) is 5.92 Å². The van der Waals surface area contributed by atoms with Crippen LogP contribution in [0.3, 0.4) is 0 Å². The molecule has 2 N–H and O–H groups in total. The van der Waals surface area contributed by atoms with E-state index in [1.165, 1.54) is 0 Å². The lowest BCUT2D eigenvalue weighted by Crippen LogP contribution is -2.39. The lowest BCUT2D eigenvalue weighted by Gasteiger charge is -2.19. The standard InChI is InChI=1S/C12H19BrN2O2/c1-4-15-6-10(13)5-11(15)12(17)14-9(3)8(2)7-16/h5-6,8-9,16H,4,7H2,1-3H3,(H,14,17). The first-order valence-electron chi connectivity index (χ1n) is 5.77. The molecular weight excluding hydrogens is 284 g/mol. The Morgan fingerprint density at radius 2 is 2.24 bits per heavy atom. The summed E-state index contributed by atoms with van der Waals surface area (Å²) in [5.74, 6) is -0.0576. The Labute approximate surface area is 110 Å². The number of amides is 1. The Morgan fingerprint density at radius 1 is 1.59 bits per heavy atom. The van der Waals surface area contributed by atoms with E-state index in [-0.39, 0.29) is 24.5 Å². The van der Waals surface area contributed by atoms with Crippen LogP contribution in [0.2, 0.25) is 0 Å². The van der Waals surface area contributed by atoms with Crippen LogP contribution < -0.4 is 5.32 Å². The summed E-state index contributed by atoms with van der Waals surface area (Å²) in [5.41, 5.74) is 0.636. The molecular formula is C12H19BrN2O2. The number of aliphatic hydroxyl groups is 1. The van der Waals surface area contributed by atoms with Crippen molar-refractivity contribution in [2.45, 2.75) is 33.4 Å². The number of aromatic nitrogens is 1. The molecule has 0 saturated heterocycles. The van der Waals surface area contributed by atoms with Gasteiger partial charge in [0.25, 0.3) is 5.91 Å². The second-order valence-corrected chi connectivity index (χ2v) is 5.17. The van der Waals surface area contributed by atoms with E-state index in [9.17, 15) is 4.79 Å². The number of rotatable bonds is 5. The number of aliphatic hydroxyl groups excluding tert-OH is 1. The van der Waals surface area contributed by atoms with Gasteiger partial charge in [0, 0.05) is 29.9 Å². The number of carbonyl (C=O) groups excluding carboxylic acids is 1. The molecule has 0 fully saturated rings. The van der Waals surface area contributed by atoms with Gasteiger partial charge >= 0.3 is 0 Å². The summed E-state index contributed by atoms with van der Waals surface area (Å²) in [4.78, 5) is 12.0.